The number of amides is 1. The summed E-state index contributed by atoms with van der Waals surface area (Å²) in [4.78, 5) is 40.5. The van der Waals surface area contributed by atoms with Crippen LogP contribution in [0.15, 0.2) is 60.7 Å². The van der Waals surface area contributed by atoms with Gasteiger partial charge in [0.2, 0.25) is 0 Å². The minimum absolute atomic E-state index is 0.134. The number of anilines is 1. The Morgan fingerprint density at radius 1 is 1.07 bits per heavy atom. The number of halogens is 1. The van der Waals surface area contributed by atoms with E-state index in [9.17, 15) is 24.6 Å². The highest BCUT2D eigenvalue weighted by Gasteiger charge is 2.40. The molecule has 0 saturated carbocycles. The van der Waals surface area contributed by atoms with Crippen LogP contribution in [0.1, 0.15) is 59.5 Å². The Hall–Kier alpha value is -3.96. The van der Waals surface area contributed by atoms with Gasteiger partial charge in [0.1, 0.15) is 18.2 Å². The quantitative estimate of drug-likeness (QED) is 0.266. The lowest BCUT2D eigenvalue weighted by molar-refractivity contribution is -0.138. The van der Waals surface area contributed by atoms with Gasteiger partial charge in [-0.25, -0.2) is 0 Å². The number of aliphatic carboxylic acids is 1. The molecular formula is C32H35ClN2O8. The van der Waals surface area contributed by atoms with Crippen molar-refractivity contribution >= 4 is 34.9 Å². The number of methoxy groups -OCH3 is 2. The Balaban J connectivity index is 1.82. The lowest BCUT2D eigenvalue weighted by Crippen LogP contribution is -2.45. The number of para-hydroxylation sites is 1. The number of carbonyl (C=O) groups is 3. The van der Waals surface area contributed by atoms with Gasteiger partial charge in [-0.1, -0.05) is 61.8 Å². The number of hydrogen-bond donors (Lipinski definition) is 3. The van der Waals surface area contributed by atoms with E-state index in [-0.39, 0.29) is 25.1 Å². The number of Topliss-reactive ketones (excluding diaryl/α,β-unsaturated/α-hetero) is 1. The Labute approximate surface area is 254 Å². The molecule has 4 N–H and O–H groups in total. The van der Waals surface area contributed by atoms with Gasteiger partial charge in [-0.15, -0.1) is 0 Å². The third-order valence-electron chi connectivity index (χ3n) is 7.36. The molecule has 1 unspecified atom stereocenters. The molecule has 0 radical (unpaired) electrons. The molecule has 0 spiro atoms. The van der Waals surface area contributed by atoms with Crippen molar-refractivity contribution in [1.29, 1.82) is 0 Å². The number of ketones is 1. The van der Waals surface area contributed by atoms with Crippen LogP contribution in [0.4, 0.5) is 5.69 Å². The molecule has 0 aliphatic carbocycles. The van der Waals surface area contributed by atoms with Gasteiger partial charge in [0.05, 0.1) is 14.2 Å². The molecule has 0 aromatic heterocycles. The summed E-state index contributed by atoms with van der Waals surface area (Å²) in [7, 11) is 3.01. The Kier molecular flexibility index (Phi) is 9.76. The number of aliphatic hydroxyl groups is 1. The van der Waals surface area contributed by atoms with E-state index < -0.39 is 41.3 Å². The van der Waals surface area contributed by atoms with E-state index in [4.69, 9.17) is 31.5 Å². The van der Waals surface area contributed by atoms with E-state index in [1.165, 1.54) is 43.4 Å². The highest BCUT2D eigenvalue weighted by Crippen LogP contribution is 2.45. The van der Waals surface area contributed by atoms with Gasteiger partial charge in [0.15, 0.2) is 17.3 Å². The number of nitrogens with two attached hydrogens (primary N) is 1. The molecule has 1 aliphatic heterocycles. The second-order valence-corrected chi connectivity index (χ2v) is 11.5. The number of benzene rings is 3. The zero-order chi connectivity index (χ0) is 31.5. The second-order valence-electron chi connectivity index (χ2n) is 11.1. The minimum Gasteiger partial charge on any atom is -0.493 e. The van der Waals surface area contributed by atoms with E-state index >= 15 is 0 Å². The predicted octanol–water partition coefficient (Wildman–Crippen LogP) is 4.55. The number of nitrogens with zero attached hydrogens (tertiary/aromatic N) is 1. The largest absolute Gasteiger partial charge is 0.493 e. The van der Waals surface area contributed by atoms with Crippen LogP contribution in [0.5, 0.6) is 11.5 Å². The van der Waals surface area contributed by atoms with Crippen molar-refractivity contribution in [2.75, 3.05) is 32.3 Å². The summed E-state index contributed by atoms with van der Waals surface area (Å²) in [6.45, 7) is 3.60. The Morgan fingerprint density at radius 2 is 1.77 bits per heavy atom. The molecule has 43 heavy (non-hydrogen) atoms. The molecule has 0 bridgehead atoms. The molecule has 11 heteroatoms. The molecule has 0 fully saturated rings. The molecule has 1 heterocycles. The maximum atomic E-state index is 14.2. The molecule has 4 rings (SSSR count). The van der Waals surface area contributed by atoms with Crippen molar-refractivity contribution < 1.29 is 38.8 Å². The fraction of sp³-hybridized carbons (Fsp3) is 0.344. The standard InChI is InChI=1S/C32H35ClN2O8/c1-32(2,17-36)16-35-23-13-12-20(33)14-22(23)28(21-6-5-7-25(41-3)29(21)42-4)43-26(30(35)38)15-24(37)18-8-10-19(11-9-18)27(34)31(39)40/h5-14,26-28,36H,15-17,34H2,1-4H3,(H,39,40)/t26-,27?,28-/m1/s1. The summed E-state index contributed by atoms with van der Waals surface area (Å²) in [6, 6.07) is 15.1. The van der Waals surface area contributed by atoms with Crippen molar-refractivity contribution in [3.63, 3.8) is 0 Å². The fourth-order valence-corrected chi connectivity index (χ4v) is 5.19. The van der Waals surface area contributed by atoms with Crippen LogP contribution in [0.25, 0.3) is 0 Å². The molecule has 228 valence electrons. The first-order chi connectivity index (χ1) is 20.4. The maximum Gasteiger partial charge on any atom is 0.325 e. The number of carboxylic acids is 1. The number of ether oxygens (including phenoxy) is 3. The number of aliphatic hydroxyl groups excluding tert-OH is 1. The summed E-state index contributed by atoms with van der Waals surface area (Å²) in [5.41, 5.74) is 7.26. The first-order valence-corrected chi connectivity index (χ1v) is 14.0. The topological polar surface area (TPSA) is 149 Å². The summed E-state index contributed by atoms with van der Waals surface area (Å²) in [5, 5.41) is 19.7. The smallest absolute Gasteiger partial charge is 0.325 e. The van der Waals surface area contributed by atoms with Gasteiger partial charge >= 0.3 is 5.97 Å². The van der Waals surface area contributed by atoms with Crippen LogP contribution >= 0.6 is 11.6 Å². The number of rotatable bonds is 11. The Morgan fingerprint density at radius 3 is 2.37 bits per heavy atom. The van der Waals surface area contributed by atoms with Crippen molar-refractivity contribution in [1.82, 2.24) is 0 Å². The molecule has 0 saturated heterocycles. The average molecular weight is 611 g/mol. The number of carbonyl (C=O) groups excluding carboxylic acids is 2. The monoisotopic (exact) mass is 610 g/mol. The van der Waals surface area contributed by atoms with Gasteiger partial charge in [-0.2, -0.15) is 0 Å². The fourth-order valence-electron chi connectivity index (χ4n) is 5.01. The first kappa shape index (κ1) is 32.0. The van der Waals surface area contributed by atoms with Crippen LogP contribution in [0, 0.1) is 5.41 Å². The molecule has 1 amide bonds. The van der Waals surface area contributed by atoms with Gasteiger partial charge in [0, 0.05) is 52.4 Å². The third-order valence-corrected chi connectivity index (χ3v) is 7.60. The predicted molar refractivity (Wildman–Crippen MR) is 161 cm³/mol. The molecule has 3 atom stereocenters. The summed E-state index contributed by atoms with van der Waals surface area (Å²) >= 11 is 6.46. The summed E-state index contributed by atoms with van der Waals surface area (Å²) in [6.07, 6.45) is -2.45. The van der Waals surface area contributed by atoms with E-state index in [0.717, 1.165) is 0 Å². The van der Waals surface area contributed by atoms with Crippen molar-refractivity contribution in [2.24, 2.45) is 11.1 Å². The van der Waals surface area contributed by atoms with E-state index in [1.54, 1.807) is 36.4 Å². The van der Waals surface area contributed by atoms with Gasteiger partial charge in [-0.3, -0.25) is 14.4 Å². The van der Waals surface area contributed by atoms with E-state index in [0.29, 0.717) is 38.9 Å². The first-order valence-electron chi connectivity index (χ1n) is 13.6. The van der Waals surface area contributed by atoms with Crippen molar-refractivity contribution in [3.05, 3.63) is 87.9 Å². The van der Waals surface area contributed by atoms with Crippen LogP contribution in [0.2, 0.25) is 5.02 Å². The van der Waals surface area contributed by atoms with E-state index in [1.807, 2.05) is 13.8 Å². The lowest BCUT2D eigenvalue weighted by atomic mass is 9.92. The van der Waals surface area contributed by atoms with Gasteiger partial charge in [-0.05, 0) is 29.8 Å². The normalized spacial score (nSPS) is 17.6. The van der Waals surface area contributed by atoms with Gasteiger partial charge < -0.3 is 35.1 Å². The maximum absolute atomic E-state index is 14.2. The summed E-state index contributed by atoms with van der Waals surface area (Å²) in [5.74, 6) is -1.20. The zero-order valence-corrected chi connectivity index (χ0v) is 25.1. The molecular weight excluding hydrogens is 576 g/mol. The number of hydrogen-bond acceptors (Lipinski definition) is 8. The molecule has 1 aliphatic rings. The number of carboxylic acid groups (broad SMARTS) is 1. The van der Waals surface area contributed by atoms with Crippen LogP contribution in [-0.2, 0) is 14.3 Å². The van der Waals surface area contributed by atoms with Crippen LogP contribution in [0.3, 0.4) is 0 Å². The zero-order valence-electron chi connectivity index (χ0n) is 24.4. The Bertz CT molecular complexity index is 1510. The minimum atomic E-state index is -1.24. The molecule has 3 aromatic carbocycles. The third kappa shape index (κ3) is 6.83. The SMILES string of the molecule is COc1cccc([C@H]2O[C@H](CC(=O)c3ccc(C(N)C(=O)O)cc3)C(=O)N(CC(C)(C)CO)c3ccc(Cl)cc32)c1OC. The van der Waals surface area contributed by atoms with Crippen molar-refractivity contribution in [3.8, 4) is 11.5 Å². The highest BCUT2D eigenvalue weighted by atomic mass is 35.5. The average Bonchev–Trinajstić information content (AvgIpc) is 3.10. The molecule has 10 nitrogen and oxygen atoms in total. The highest BCUT2D eigenvalue weighted by molar-refractivity contribution is 6.30. The second kappa shape index (κ2) is 13.1. The summed E-state index contributed by atoms with van der Waals surface area (Å²) < 4.78 is 17.7. The van der Waals surface area contributed by atoms with Crippen molar-refractivity contribution in [2.45, 2.75) is 38.5 Å². The lowest BCUT2D eigenvalue weighted by Gasteiger charge is -2.32. The van der Waals surface area contributed by atoms with Crippen LogP contribution < -0.4 is 20.1 Å². The molecule has 3 aromatic rings. The van der Waals surface area contributed by atoms with E-state index in [2.05, 4.69) is 0 Å². The van der Waals surface area contributed by atoms with Crippen LogP contribution in [-0.4, -0.2) is 61.3 Å². The van der Waals surface area contributed by atoms with Gasteiger partial charge in [0.25, 0.3) is 5.91 Å². The number of fused-ring (bicyclic) bond motifs is 1.